The molecule has 1 aliphatic rings. The minimum Gasteiger partial charge on any atom is -0.0848 e. The lowest BCUT2D eigenvalue weighted by Crippen LogP contribution is -2.33. The zero-order chi connectivity index (χ0) is 10.7. The second-order valence-corrected chi connectivity index (χ2v) is 5.44. The van der Waals surface area contributed by atoms with E-state index in [9.17, 15) is 0 Å². The Kier molecular flexibility index (Phi) is 4.22. The second-order valence-electron chi connectivity index (χ2n) is 5.44. The predicted molar refractivity (Wildman–Crippen MR) is 64.3 cm³/mol. The van der Waals surface area contributed by atoms with Crippen molar-refractivity contribution in [2.24, 2.45) is 23.7 Å². The van der Waals surface area contributed by atoms with Crippen molar-refractivity contribution in [1.29, 1.82) is 0 Å². The quantitative estimate of drug-likeness (QED) is 0.571. The first-order valence-corrected chi connectivity index (χ1v) is 6.25. The molecular formula is C14H26. The van der Waals surface area contributed by atoms with Crippen LogP contribution in [0.3, 0.4) is 0 Å². The van der Waals surface area contributed by atoms with Gasteiger partial charge >= 0.3 is 0 Å². The van der Waals surface area contributed by atoms with Gasteiger partial charge in [-0.2, -0.15) is 0 Å². The Balaban J connectivity index is 2.50. The highest BCUT2D eigenvalue weighted by atomic mass is 14.4. The van der Waals surface area contributed by atoms with Crippen LogP contribution in [0.15, 0.2) is 11.6 Å². The standard InChI is InChI=1S/C14H26/c1-6-13(8-7-10(2)3)14-9-11(4)12(14)5/h8,10-12,14H,6-7,9H2,1-5H3. The van der Waals surface area contributed by atoms with Gasteiger partial charge in [0.25, 0.3) is 0 Å². The third kappa shape index (κ3) is 2.62. The van der Waals surface area contributed by atoms with E-state index in [0.29, 0.717) is 0 Å². The molecule has 0 bridgehead atoms. The zero-order valence-electron chi connectivity index (χ0n) is 10.5. The molecule has 1 rings (SSSR count). The molecule has 0 aromatic carbocycles. The lowest BCUT2D eigenvalue weighted by molar-refractivity contribution is 0.132. The maximum absolute atomic E-state index is 2.51. The first-order valence-electron chi connectivity index (χ1n) is 6.25. The normalized spacial score (nSPS) is 33.3. The minimum atomic E-state index is 0.810. The van der Waals surface area contributed by atoms with E-state index >= 15 is 0 Å². The number of hydrogen-bond acceptors (Lipinski definition) is 0. The maximum Gasteiger partial charge on any atom is -0.0172 e. The Morgan fingerprint density at radius 1 is 1.36 bits per heavy atom. The van der Waals surface area contributed by atoms with Gasteiger partial charge in [-0.05, 0) is 42.9 Å². The molecule has 14 heavy (non-hydrogen) atoms. The van der Waals surface area contributed by atoms with E-state index in [-0.39, 0.29) is 0 Å². The van der Waals surface area contributed by atoms with Gasteiger partial charge in [0.2, 0.25) is 0 Å². The Morgan fingerprint density at radius 3 is 2.36 bits per heavy atom. The molecule has 3 atom stereocenters. The molecule has 0 amide bonds. The summed E-state index contributed by atoms with van der Waals surface area (Å²) in [6.07, 6.45) is 6.46. The van der Waals surface area contributed by atoms with Crippen LogP contribution in [0.4, 0.5) is 0 Å². The van der Waals surface area contributed by atoms with Crippen molar-refractivity contribution in [3.05, 3.63) is 11.6 Å². The summed E-state index contributed by atoms with van der Waals surface area (Å²) >= 11 is 0. The topological polar surface area (TPSA) is 0 Å². The van der Waals surface area contributed by atoms with Crippen LogP contribution in [0.25, 0.3) is 0 Å². The van der Waals surface area contributed by atoms with E-state index in [2.05, 4.69) is 40.7 Å². The monoisotopic (exact) mass is 194 g/mol. The molecule has 0 aromatic rings. The van der Waals surface area contributed by atoms with Gasteiger partial charge in [-0.3, -0.25) is 0 Å². The lowest BCUT2D eigenvalue weighted by atomic mass is 9.63. The maximum atomic E-state index is 2.51. The molecule has 0 heterocycles. The van der Waals surface area contributed by atoms with Crippen LogP contribution in [-0.2, 0) is 0 Å². The molecule has 3 unspecified atom stereocenters. The molecule has 82 valence electrons. The van der Waals surface area contributed by atoms with Gasteiger partial charge in [-0.15, -0.1) is 0 Å². The average molecular weight is 194 g/mol. The largest absolute Gasteiger partial charge is 0.0848 e. The Morgan fingerprint density at radius 2 is 2.00 bits per heavy atom. The zero-order valence-corrected chi connectivity index (χ0v) is 10.5. The van der Waals surface area contributed by atoms with Crippen molar-refractivity contribution in [3.63, 3.8) is 0 Å². The number of hydrogen-bond donors (Lipinski definition) is 0. The summed E-state index contributed by atoms with van der Waals surface area (Å²) in [5.74, 6) is 3.60. The third-order valence-electron chi connectivity index (χ3n) is 3.89. The SMILES string of the molecule is CCC(=CCC(C)C)C1CC(C)C1C. The summed E-state index contributed by atoms with van der Waals surface area (Å²) in [5.41, 5.74) is 1.73. The van der Waals surface area contributed by atoms with E-state index < -0.39 is 0 Å². The third-order valence-corrected chi connectivity index (χ3v) is 3.89. The van der Waals surface area contributed by atoms with Crippen molar-refractivity contribution in [3.8, 4) is 0 Å². The molecule has 0 aliphatic heterocycles. The fourth-order valence-electron chi connectivity index (χ4n) is 2.46. The molecule has 1 aliphatic carbocycles. The van der Waals surface area contributed by atoms with Gasteiger partial charge in [-0.25, -0.2) is 0 Å². The molecule has 0 saturated heterocycles. The minimum absolute atomic E-state index is 0.810. The number of rotatable bonds is 4. The summed E-state index contributed by atoms with van der Waals surface area (Å²) in [6, 6.07) is 0. The van der Waals surface area contributed by atoms with Crippen LogP contribution in [-0.4, -0.2) is 0 Å². The average Bonchev–Trinajstić information content (AvgIpc) is 2.16. The Labute approximate surface area is 89.8 Å². The van der Waals surface area contributed by atoms with Crippen LogP contribution >= 0.6 is 0 Å². The van der Waals surface area contributed by atoms with Crippen molar-refractivity contribution in [2.75, 3.05) is 0 Å². The van der Waals surface area contributed by atoms with E-state index in [4.69, 9.17) is 0 Å². The molecular weight excluding hydrogens is 168 g/mol. The van der Waals surface area contributed by atoms with Gasteiger partial charge < -0.3 is 0 Å². The molecule has 0 radical (unpaired) electrons. The van der Waals surface area contributed by atoms with Gasteiger partial charge in [-0.1, -0.05) is 46.3 Å². The first-order chi connectivity index (χ1) is 6.56. The van der Waals surface area contributed by atoms with Crippen LogP contribution in [0.1, 0.15) is 53.9 Å². The smallest absolute Gasteiger partial charge is 0.0172 e. The van der Waals surface area contributed by atoms with Crippen molar-refractivity contribution >= 4 is 0 Å². The molecule has 1 saturated carbocycles. The van der Waals surface area contributed by atoms with Crippen molar-refractivity contribution < 1.29 is 0 Å². The number of allylic oxidation sites excluding steroid dienone is 2. The lowest BCUT2D eigenvalue weighted by Gasteiger charge is -2.42. The molecule has 1 fully saturated rings. The van der Waals surface area contributed by atoms with E-state index in [1.54, 1.807) is 5.57 Å². The van der Waals surface area contributed by atoms with Crippen LogP contribution in [0.2, 0.25) is 0 Å². The highest BCUT2D eigenvalue weighted by molar-refractivity contribution is 5.12. The summed E-state index contributed by atoms with van der Waals surface area (Å²) in [4.78, 5) is 0. The molecule has 0 heteroatoms. The van der Waals surface area contributed by atoms with E-state index in [0.717, 1.165) is 23.7 Å². The predicted octanol–water partition coefficient (Wildman–Crippen LogP) is 4.66. The van der Waals surface area contributed by atoms with Crippen molar-refractivity contribution in [1.82, 2.24) is 0 Å². The van der Waals surface area contributed by atoms with Crippen LogP contribution in [0.5, 0.6) is 0 Å². The van der Waals surface area contributed by atoms with Crippen molar-refractivity contribution in [2.45, 2.75) is 53.9 Å². The van der Waals surface area contributed by atoms with Gasteiger partial charge in [0.15, 0.2) is 0 Å². The molecule has 0 spiro atoms. The second kappa shape index (κ2) is 5.00. The van der Waals surface area contributed by atoms with Crippen LogP contribution in [0, 0.1) is 23.7 Å². The molecule has 0 N–H and O–H groups in total. The fourth-order valence-corrected chi connectivity index (χ4v) is 2.46. The summed E-state index contributed by atoms with van der Waals surface area (Å²) in [5, 5.41) is 0. The van der Waals surface area contributed by atoms with Gasteiger partial charge in [0, 0.05) is 0 Å². The highest BCUT2D eigenvalue weighted by Crippen LogP contribution is 2.45. The Bertz CT molecular complexity index is 200. The molecule has 0 aromatic heterocycles. The first kappa shape index (κ1) is 11.8. The van der Waals surface area contributed by atoms with E-state index in [1.165, 1.54) is 19.3 Å². The van der Waals surface area contributed by atoms with Gasteiger partial charge in [0.05, 0.1) is 0 Å². The molecule has 0 nitrogen and oxygen atoms in total. The van der Waals surface area contributed by atoms with Gasteiger partial charge in [0.1, 0.15) is 0 Å². The van der Waals surface area contributed by atoms with E-state index in [1.807, 2.05) is 0 Å². The Hall–Kier alpha value is -0.260. The van der Waals surface area contributed by atoms with Crippen LogP contribution < -0.4 is 0 Å². The highest BCUT2D eigenvalue weighted by Gasteiger charge is 2.35. The fraction of sp³-hybridized carbons (Fsp3) is 0.857. The summed E-state index contributed by atoms with van der Waals surface area (Å²) in [7, 11) is 0. The summed E-state index contributed by atoms with van der Waals surface area (Å²) < 4.78 is 0. The summed E-state index contributed by atoms with van der Waals surface area (Å²) in [6.45, 7) is 11.7.